The lowest BCUT2D eigenvalue weighted by Crippen LogP contribution is -2.45. The summed E-state index contributed by atoms with van der Waals surface area (Å²) in [6.07, 6.45) is 2.70. The van der Waals surface area contributed by atoms with Crippen molar-refractivity contribution in [2.24, 2.45) is 7.05 Å². The molecule has 1 heterocycles. The van der Waals surface area contributed by atoms with Gasteiger partial charge in [0, 0.05) is 25.8 Å². The summed E-state index contributed by atoms with van der Waals surface area (Å²) in [5.74, 6) is 0.0431. The summed E-state index contributed by atoms with van der Waals surface area (Å²) in [6.45, 7) is 6.57. The summed E-state index contributed by atoms with van der Waals surface area (Å²) in [4.78, 5) is 11.8. The van der Waals surface area contributed by atoms with Crippen LogP contribution in [-0.2, 0) is 18.4 Å². The third-order valence-electron chi connectivity index (χ3n) is 2.91. The molecule has 0 aliphatic carbocycles. The van der Waals surface area contributed by atoms with Gasteiger partial charge in [-0.05, 0) is 26.3 Å². The van der Waals surface area contributed by atoms with E-state index in [4.69, 9.17) is 0 Å². The first kappa shape index (κ1) is 13.7. The number of aryl methyl sites for hydroxylation is 1. The lowest BCUT2D eigenvalue weighted by atomic mass is 10.2. The number of rotatable bonds is 6. The normalized spacial score (nSPS) is 14.4. The van der Waals surface area contributed by atoms with Crippen LogP contribution in [0.5, 0.6) is 0 Å². The molecule has 1 amide bonds. The molecule has 5 heteroatoms. The Kier molecular flexibility index (Phi) is 5.15. The van der Waals surface area contributed by atoms with Crippen molar-refractivity contribution in [2.45, 2.75) is 45.8 Å². The minimum atomic E-state index is -0.195. The highest BCUT2D eigenvalue weighted by Crippen LogP contribution is 1.97. The molecule has 5 nitrogen and oxygen atoms in total. The summed E-state index contributed by atoms with van der Waals surface area (Å²) in [5, 5.41) is 10.2. The number of aromatic nitrogens is 2. The minimum Gasteiger partial charge on any atom is -0.352 e. The van der Waals surface area contributed by atoms with E-state index < -0.39 is 0 Å². The molecule has 1 aromatic heterocycles. The van der Waals surface area contributed by atoms with Gasteiger partial charge in [-0.3, -0.25) is 9.48 Å². The molecule has 0 saturated heterocycles. The number of hydrogen-bond acceptors (Lipinski definition) is 3. The first-order chi connectivity index (χ1) is 8.04. The molecule has 1 aromatic rings. The first-order valence-electron chi connectivity index (χ1n) is 6.05. The van der Waals surface area contributed by atoms with Crippen LogP contribution in [0.15, 0.2) is 12.3 Å². The van der Waals surface area contributed by atoms with Gasteiger partial charge in [-0.15, -0.1) is 0 Å². The van der Waals surface area contributed by atoms with Crippen LogP contribution >= 0.6 is 0 Å². The van der Waals surface area contributed by atoms with E-state index in [1.54, 1.807) is 10.9 Å². The summed E-state index contributed by atoms with van der Waals surface area (Å²) in [5.41, 5.74) is 1.06. The van der Waals surface area contributed by atoms with E-state index >= 15 is 0 Å². The summed E-state index contributed by atoms with van der Waals surface area (Å²) in [7, 11) is 1.89. The van der Waals surface area contributed by atoms with Gasteiger partial charge < -0.3 is 10.6 Å². The topological polar surface area (TPSA) is 59.0 Å². The predicted molar refractivity (Wildman–Crippen MR) is 67.4 cm³/mol. The van der Waals surface area contributed by atoms with E-state index in [0.29, 0.717) is 6.54 Å². The Morgan fingerprint density at radius 3 is 2.76 bits per heavy atom. The van der Waals surface area contributed by atoms with E-state index in [1.165, 1.54) is 0 Å². The third-order valence-corrected chi connectivity index (χ3v) is 2.91. The van der Waals surface area contributed by atoms with Crippen LogP contribution in [0.25, 0.3) is 0 Å². The monoisotopic (exact) mass is 238 g/mol. The molecule has 2 N–H and O–H groups in total. The standard InChI is InChI=1S/C12H22N4O/c1-5-9(2)15-12(17)10(3)13-8-11-6-7-14-16(11)4/h6-7,9-10,13H,5,8H2,1-4H3,(H,15,17). The molecule has 0 aliphatic rings. The Morgan fingerprint density at radius 2 is 2.24 bits per heavy atom. The van der Waals surface area contributed by atoms with Crippen LogP contribution in [0, 0.1) is 0 Å². The first-order valence-corrected chi connectivity index (χ1v) is 6.05. The summed E-state index contributed by atoms with van der Waals surface area (Å²) in [6, 6.07) is 1.97. The number of amides is 1. The maximum atomic E-state index is 11.8. The van der Waals surface area contributed by atoms with Crippen LogP contribution in [0.1, 0.15) is 32.9 Å². The summed E-state index contributed by atoms with van der Waals surface area (Å²) < 4.78 is 1.80. The van der Waals surface area contributed by atoms with Crippen LogP contribution in [0.2, 0.25) is 0 Å². The van der Waals surface area contributed by atoms with Crippen molar-refractivity contribution < 1.29 is 4.79 Å². The van der Waals surface area contributed by atoms with Crippen molar-refractivity contribution >= 4 is 5.91 Å². The zero-order valence-corrected chi connectivity index (χ0v) is 11.0. The molecule has 2 unspecified atom stereocenters. The Bertz CT molecular complexity index is 361. The van der Waals surface area contributed by atoms with Gasteiger partial charge in [0.15, 0.2) is 0 Å². The Morgan fingerprint density at radius 1 is 1.53 bits per heavy atom. The van der Waals surface area contributed by atoms with E-state index in [9.17, 15) is 4.79 Å². The summed E-state index contributed by atoms with van der Waals surface area (Å²) >= 11 is 0. The fraction of sp³-hybridized carbons (Fsp3) is 0.667. The molecule has 2 atom stereocenters. The molecule has 0 fully saturated rings. The van der Waals surface area contributed by atoms with Gasteiger partial charge in [-0.2, -0.15) is 5.10 Å². The highest BCUT2D eigenvalue weighted by molar-refractivity contribution is 5.81. The molecule has 0 spiro atoms. The van der Waals surface area contributed by atoms with Crippen LogP contribution in [0.4, 0.5) is 0 Å². The van der Waals surface area contributed by atoms with Gasteiger partial charge in [0.25, 0.3) is 0 Å². The van der Waals surface area contributed by atoms with E-state index in [0.717, 1.165) is 12.1 Å². The fourth-order valence-electron chi connectivity index (χ4n) is 1.40. The van der Waals surface area contributed by atoms with Crippen molar-refractivity contribution in [3.8, 4) is 0 Å². The zero-order chi connectivity index (χ0) is 12.8. The van der Waals surface area contributed by atoms with Crippen molar-refractivity contribution in [3.05, 3.63) is 18.0 Å². The highest BCUT2D eigenvalue weighted by atomic mass is 16.2. The smallest absolute Gasteiger partial charge is 0.237 e. The molecule has 0 bridgehead atoms. The average molecular weight is 238 g/mol. The molecule has 0 radical (unpaired) electrons. The van der Waals surface area contributed by atoms with Gasteiger partial charge in [0.2, 0.25) is 5.91 Å². The Hall–Kier alpha value is -1.36. The zero-order valence-electron chi connectivity index (χ0n) is 11.0. The van der Waals surface area contributed by atoms with Gasteiger partial charge >= 0.3 is 0 Å². The number of nitrogens with zero attached hydrogens (tertiary/aromatic N) is 2. The lowest BCUT2D eigenvalue weighted by molar-refractivity contribution is -0.123. The number of carbonyl (C=O) groups excluding carboxylic acids is 1. The lowest BCUT2D eigenvalue weighted by Gasteiger charge is -2.17. The maximum absolute atomic E-state index is 11.8. The second kappa shape index (κ2) is 6.39. The minimum absolute atomic E-state index is 0.0431. The van der Waals surface area contributed by atoms with Crippen molar-refractivity contribution in [3.63, 3.8) is 0 Å². The van der Waals surface area contributed by atoms with Gasteiger partial charge in [0.1, 0.15) is 0 Å². The second-order valence-electron chi connectivity index (χ2n) is 4.37. The molecule has 0 aliphatic heterocycles. The molecule has 17 heavy (non-hydrogen) atoms. The Balaban J connectivity index is 2.36. The Labute approximate surface area is 103 Å². The van der Waals surface area contributed by atoms with Crippen LogP contribution < -0.4 is 10.6 Å². The van der Waals surface area contributed by atoms with Crippen molar-refractivity contribution in [2.75, 3.05) is 0 Å². The number of carbonyl (C=O) groups is 1. The van der Waals surface area contributed by atoms with Crippen LogP contribution in [0.3, 0.4) is 0 Å². The van der Waals surface area contributed by atoms with E-state index in [2.05, 4.69) is 22.7 Å². The molecule has 96 valence electrons. The average Bonchev–Trinajstić information content (AvgIpc) is 2.71. The molecule has 0 saturated carbocycles. The predicted octanol–water partition coefficient (Wildman–Crippen LogP) is 0.813. The molecular weight excluding hydrogens is 216 g/mol. The highest BCUT2D eigenvalue weighted by Gasteiger charge is 2.14. The van der Waals surface area contributed by atoms with Crippen molar-refractivity contribution in [1.29, 1.82) is 0 Å². The second-order valence-corrected chi connectivity index (χ2v) is 4.37. The quantitative estimate of drug-likeness (QED) is 0.771. The van der Waals surface area contributed by atoms with E-state index in [1.807, 2.05) is 27.0 Å². The maximum Gasteiger partial charge on any atom is 0.237 e. The van der Waals surface area contributed by atoms with Gasteiger partial charge in [-0.1, -0.05) is 6.92 Å². The van der Waals surface area contributed by atoms with E-state index in [-0.39, 0.29) is 18.0 Å². The fourth-order valence-corrected chi connectivity index (χ4v) is 1.40. The molecule has 1 rings (SSSR count). The number of hydrogen-bond donors (Lipinski definition) is 2. The SMILES string of the molecule is CCC(C)NC(=O)C(C)NCc1ccnn1C. The van der Waals surface area contributed by atoms with Gasteiger partial charge in [-0.25, -0.2) is 0 Å². The van der Waals surface area contributed by atoms with Crippen LogP contribution in [-0.4, -0.2) is 27.8 Å². The molecular formula is C12H22N4O. The third kappa shape index (κ3) is 4.19. The number of nitrogens with one attached hydrogen (secondary N) is 2. The largest absolute Gasteiger partial charge is 0.352 e. The van der Waals surface area contributed by atoms with Gasteiger partial charge in [0.05, 0.1) is 11.7 Å². The molecule has 0 aromatic carbocycles. The van der Waals surface area contributed by atoms with Crippen molar-refractivity contribution in [1.82, 2.24) is 20.4 Å².